The van der Waals surface area contributed by atoms with E-state index in [1.165, 1.54) is 22.8 Å². The molecule has 0 bridgehead atoms. The molecule has 0 aliphatic rings. The molecule has 8 heteroatoms. The molecule has 0 saturated heterocycles. The highest BCUT2D eigenvalue weighted by Gasteiger charge is 2.14. The molecule has 146 valence electrons. The Morgan fingerprint density at radius 3 is 2.66 bits per heavy atom. The molecule has 29 heavy (non-hydrogen) atoms. The lowest BCUT2D eigenvalue weighted by Gasteiger charge is -2.07. The van der Waals surface area contributed by atoms with Crippen LogP contribution < -0.4 is 11.1 Å². The number of carbonyl (C=O) groups excluding carboxylic acids is 1. The van der Waals surface area contributed by atoms with Crippen LogP contribution in [0.1, 0.15) is 12.8 Å². The first-order valence-electron chi connectivity index (χ1n) is 9.08. The van der Waals surface area contributed by atoms with E-state index in [0.29, 0.717) is 17.6 Å². The van der Waals surface area contributed by atoms with Gasteiger partial charge in [0.2, 0.25) is 5.91 Å². The standard InChI is InChI=1S/C21H17N3O5/c25-20(22-16-8-7-14-4-1-2-5-15(14)12-16)6-3-11-23-18-10-9-17(24(27)28)13-19(18)29-21(23)26/h1-2,4-5,7-10,12-13H,3,6,11H2,(H,22,25). The first-order chi connectivity index (χ1) is 14.0. The lowest BCUT2D eigenvalue weighted by atomic mass is 10.1. The molecule has 0 saturated carbocycles. The average Bonchev–Trinajstić information content (AvgIpc) is 3.02. The SMILES string of the molecule is O=C(CCCn1c(=O)oc2cc([N+](=O)[O-])ccc21)Nc1ccc2ccccc2c1. The van der Waals surface area contributed by atoms with Crippen LogP contribution in [0.15, 0.2) is 69.9 Å². The van der Waals surface area contributed by atoms with Crippen LogP contribution in [0, 0.1) is 10.1 Å². The van der Waals surface area contributed by atoms with Gasteiger partial charge in [-0.2, -0.15) is 0 Å². The highest BCUT2D eigenvalue weighted by atomic mass is 16.6. The Kier molecular flexibility index (Phi) is 4.82. The zero-order chi connectivity index (χ0) is 20.4. The Balaban J connectivity index is 1.40. The normalized spacial score (nSPS) is 11.0. The van der Waals surface area contributed by atoms with E-state index in [0.717, 1.165) is 10.8 Å². The molecular weight excluding hydrogens is 374 g/mol. The van der Waals surface area contributed by atoms with Crippen LogP contribution in [0.2, 0.25) is 0 Å². The van der Waals surface area contributed by atoms with E-state index in [1.807, 2.05) is 42.5 Å². The second-order valence-electron chi connectivity index (χ2n) is 6.64. The van der Waals surface area contributed by atoms with E-state index < -0.39 is 10.7 Å². The number of non-ortho nitro benzene ring substituents is 1. The molecule has 0 unspecified atom stereocenters. The van der Waals surface area contributed by atoms with Crippen molar-refractivity contribution in [1.82, 2.24) is 4.57 Å². The number of hydrogen-bond donors (Lipinski definition) is 1. The number of hydrogen-bond acceptors (Lipinski definition) is 5. The fraction of sp³-hybridized carbons (Fsp3) is 0.143. The third kappa shape index (κ3) is 3.86. The van der Waals surface area contributed by atoms with Crippen LogP contribution in [0.3, 0.4) is 0 Å². The second-order valence-corrected chi connectivity index (χ2v) is 6.64. The molecular formula is C21H17N3O5. The minimum atomic E-state index is -0.601. The predicted molar refractivity (Wildman–Crippen MR) is 109 cm³/mol. The van der Waals surface area contributed by atoms with Gasteiger partial charge in [-0.25, -0.2) is 4.79 Å². The van der Waals surface area contributed by atoms with Gasteiger partial charge in [0, 0.05) is 24.7 Å². The summed E-state index contributed by atoms with van der Waals surface area (Å²) in [6.45, 7) is 0.273. The number of nitro benzene ring substituents is 1. The molecule has 4 rings (SSSR count). The van der Waals surface area contributed by atoms with Crippen LogP contribution in [0.25, 0.3) is 21.9 Å². The lowest BCUT2D eigenvalue weighted by molar-refractivity contribution is -0.384. The average molecular weight is 391 g/mol. The second kappa shape index (κ2) is 7.59. The molecule has 1 amide bonds. The number of oxazole rings is 1. The number of nitrogens with zero attached hydrogens (tertiary/aromatic N) is 2. The van der Waals surface area contributed by atoms with Crippen molar-refractivity contribution in [3.8, 4) is 0 Å². The molecule has 0 radical (unpaired) electrons. The van der Waals surface area contributed by atoms with Crippen LogP contribution in [-0.4, -0.2) is 15.4 Å². The summed E-state index contributed by atoms with van der Waals surface area (Å²) in [5, 5.41) is 15.8. The van der Waals surface area contributed by atoms with Crippen molar-refractivity contribution in [3.63, 3.8) is 0 Å². The van der Waals surface area contributed by atoms with Gasteiger partial charge < -0.3 is 9.73 Å². The van der Waals surface area contributed by atoms with Gasteiger partial charge >= 0.3 is 5.76 Å². The van der Waals surface area contributed by atoms with Crippen LogP contribution in [0.4, 0.5) is 11.4 Å². The molecule has 0 aliphatic heterocycles. The third-order valence-electron chi connectivity index (χ3n) is 4.68. The smallest absolute Gasteiger partial charge is 0.407 e. The van der Waals surface area contributed by atoms with E-state index >= 15 is 0 Å². The number of fused-ring (bicyclic) bond motifs is 2. The number of amides is 1. The first kappa shape index (κ1) is 18.4. The van der Waals surface area contributed by atoms with Crippen molar-refractivity contribution in [2.24, 2.45) is 0 Å². The fourth-order valence-electron chi connectivity index (χ4n) is 3.27. The molecule has 8 nitrogen and oxygen atoms in total. The molecule has 0 atom stereocenters. The summed E-state index contributed by atoms with van der Waals surface area (Å²) < 4.78 is 6.46. The molecule has 0 fully saturated rings. The largest absolute Gasteiger partial charge is 0.419 e. The Morgan fingerprint density at radius 2 is 1.86 bits per heavy atom. The number of aryl methyl sites for hydroxylation is 1. The summed E-state index contributed by atoms with van der Waals surface area (Å²) in [7, 11) is 0. The van der Waals surface area contributed by atoms with Gasteiger partial charge in [0.05, 0.1) is 16.5 Å². The minimum Gasteiger partial charge on any atom is -0.407 e. The van der Waals surface area contributed by atoms with Crippen molar-refractivity contribution in [2.75, 3.05) is 5.32 Å². The van der Waals surface area contributed by atoms with Gasteiger partial charge in [-0.05, 0) is 35.4 Å². The van der Waals surface area contributed by atoms with Gasteiger partial charge in [-0.3, -0.25) is 19.5 Å². The maximum atomic E-state index is 12.2. The monoisotopic (exact) mass is 391 g/mol. The number of carbonyl (C=O) groups is 1. The van der Waals surface area contributed by atoms with Crippen molar-refractivity contribution in [2.45, 2.75) is 19.4 Å². The molecule has 1 heterocycles. The number of benzene rings is 3. The number of nitro groups is 1. The van der Waals surface area contributed by atoms with E-state index in [1.54, 1.807) is 0 Å². The van der Waals surface area contributed by atoms with E-state index in [2.05, 4.69) is 5.32 Å². The van der Waals surface area contributed by atoms with Crippen molar-refractivity contribution in [1.29, 1.82) is 0 Å². The maximum absolute atomic E-state index is 12.2. The summed E-state index contributed by atoms with van der Waals surface area (Å²) >= 11 is 0. The number of aromatic nitrogens is 1. The summed E-state index contributed by atoms with van der Waals surface area (Å²) in [6.07, 6.45) is 0.643. The summed E-state index contributed by atoms with van der Waals surface area (Å²) in [6, 6.07) is 17.6. The topological polar surface area (TPSA) is 107 Å². The van der Waals surface area contributed by atoms with E-state index in [4.69, 9.17) is 4.42 Å². The quantitative estimate of drug-likeness (QED) is 0.394. The van der Waals surface area contributed by atoms with Crippen LogP contribution >= 0.6 is 0 Å². The van der Waals surface area contributed by atoms with Crippen LogP contribution in [0.5, 0.6) is 0 Å². The molecule has 3 aromatic carbocycles. The molecule has 0 aliphatic carbocycles. The fourth-order valence-corrected chi connectivity index (χ4v) is 3.27. The van der Waals surface area contributed by atoms with Crippen molar-refractivity contribution in [3.05, 3.63) is 81.3 Å². The molecule has 1 aromatic heterocycles. The first-order valence-corrected chi connectivity index (χ1v) is 9.08. The Morgan fingerprint density at radius 1 is 1.07 bits per heavy atom. The highest BCUT2D eigenvalue weighted by molar-refractivity contribution is 5.94. The van der Waals surface area contributed by atoms with Gasteiger partial charge in [-0.1, -0.05) is 30.3 Å². The number of rotatable bonds is 6. The van der Waals surface area contributed by atoms with Crippen LogP contribution in [-0.2, 0) is 11.3 Å². The molecule has 1 N–H and O–H groups in total. The highest BCUT2D eigenvalue weighted by Crippen LogP contribution is 2.21. The van der Waals surface area contributed by atoms with Crippen molar-refractivity contribution >= 4 is 39.2 Å². The zero-order valence-corrected chi connectivity index (χ0v) is 15.3. The Bertz CT molecular complexity index is 1290. The number of anilines is 1. The van der Waals surface area contributed by atoms with Gasteiger partial charge in [0.25, 0.3) is 5.69 Å². The van der Waals surface area contributed by atoms with Gasteiger partial charge in [0.1, 0.15) is 0 Å². The molecule has 0 spiro atoms. The van der Waals surface area contributed by atoms with Gasteiger partial charge in [-0.15, -0.1) is 0 Å². The Hall–Kier alpha value is -3.94. The Labute approximate surface area is 164 Å². The lowest BCUT2D eigenvalue weighted by Crippen LogP contribution is -2.17. The third-order valence-corrected chi connectivity index (χ3v) is 4.68. The van der Waals surface area contributed by atoms with E-state index in [-0.39, 0.29) is 30.1 Å². The summed E-state index contributed by atoms with van der Waals surface area (Å²) in [5.74, 6) is -0.757. The summed E-state index contributed by atoms with van der Waals surface area (Å²) in [4.78, 5) is 34.6. The number of nitrogens with one attached hydrogen (secondary N) is 1. The maximum Gasteiger partial charge on any atom is 0.419 e. The molecule has 4 aromatic rings. The summed E-state index contributed by atoms with van der Waals surface area (Å²) in [5.41, 5.74) is 1.19. The van der Waals surface area contributed by atoms with Gasteiger partial charge in [0.15, 0.2) is 5.58 Å². The zero-order valence-electron chi connectivity index (χ0n) is 15.3. The van der Waals surface area contributed by atoms with Crippen molar-refractivity contribution < 1.29 is 14.1 Å². The predicted octanol–water partition coefficient (Wildman–Crippen LogP) is 4.07. The minimum absolute atomic E-state index is 0.145. The van der Waals surface area contributed by atoms with E-state index in [9.17, 15) is 19.7 Å².